The van der Waals surface area contributed by atoms with Crippen molar-refractivity contribution in [1.29, 1.82) is 0 Å². The van der Waals surface area contributed by atoms with E-state index in [1.807, 2.05) is 0 Å². The lowest BCUT2D eigenvalue weighted by Gasteiger charge is -2.41. The maximum absolute atomic E-state index is 14.3. The molecular formula is C19H17ClFN3O4. The van der Waals surface area contributed by atoms with Crippen LogP contribution in [0.4, 0.5) is 4.39 Å². The van der Waals surface area contributed by atoms with Crippen LogP contribution in [-0.2, 0) is 0 Å². The number of carbonyl (C=O) groups is 1. The van der Waals surface area contributed by atoms with Gasteiger partial charge in [-0.15, -0.1) is 0 Å². The zero-order valence-electron chi connectivity index (χ0n) is 15.1. The molecule has 0 spiro atoms. The fraction of sp³-hybridized carbons (Fsp3) is 0.316. The summed E-state index contributed by atoms with van der Waals surface area (Å²) in [6.07, 6.45) is 2.59. The van der Waals surface area contributed by atoms with Gasteiger partial charge in [0.25, 0.3) is 0 Å². The number of rotatable bonds is 4. The normalized spacial score (nSPS) is 21.5. The van der Waals surface area contributed by atoms with Gasteiger partial charge >= 0.3 is 5.97 Å². The zero-order valence-corrected chi connectivity index (χ0v) is 15.9. The van der Waals surface area contributed by atoms with Gasteiger partial charge in [-0.1, -0.05) is 22.8 Å². The minimum absolute atomic E-state index is 0.0143. The van der Waals surface area contributed by atoms with Crippen molar-refractivity contribution in [2.45, 2.75) is 38.3 Å². The van der Waals surface area contributed by atoms with Crippen molar-refractivity contribution >= 4 is 17.6 Å². The fourth-order valence-corrected chi connectivity index (χ4v) is 3.96. The Hall–Kier alpha value is -2.71. The molecule has 0 amide bonds. The van der Waals surface area contributed by atoms with Crippen LogP contribution >= 0.6 is 11.6 Å². The molecule has 2 N–H and O–H groups in total. The smallest absolute Gasteiger partial charge is 0.342 e. The lowest BCUT2D eigenvalue weighted by Crippen LogP contribution is -2.42. The van der Waals surface area contributed by atoms with Gasteiger partial charge < -0.3 is 14.7 Å². The SMILES string of the molecule is Cc1c(-c2onc(-c3c(F)cccc3Cl)c2C(=O)O)cnn1C1CC(C)(O)C1. The van der Waals surface area contributed by atoms with Gasteiger partial charge in [0, 0.05) is 5.69 Å². The van der Waals surface area contributed by atoms with Gasteiger partial charge in [0.2, 0.25) is 0 Å². The summed E-state index contributed by atoms with van der Waals surface area (Å²) in [5.41, 5.74) is -0.201. The van der Waals surface area contributed by atoms with E-state index in [1.165, 1.54) is 24.4 Å². The van der Waals surface area contributed by atoms with Crippen LogP contribution < -0.4 is 0 Å². The summed E-state index contributed by atoms with van der Waals surface area (Å²) in [4.78, 5) is 12.0. The van der Waals surface area contributed by atoms with Gasteiger partial charge in [-0.3, -0.25) is 4.68 Å². The van der Waals surface area contributed by atoms with Crippen molar-refractivity contribution in [1.82, 2.24) is 14.9 Å². The number of benzene rings is 1. The van der Waals surface area contributed by atoms with Crippen molar-refractivity contribution in [2.75, 3.05) is 0 Å². The van der Waals surface area contributed by atoms with Crippen molar-refractivity contribution in [2.24, 2.45) is 0 Å². The Balaban J connectivity index is 1.82. The Morgan fingerprint density at radius 2 is 2.14 bits per heavy atom. The van der Waals surface area contributed by atoms with E-state index in [1.54, 1.807) is 18.5 Å². The van der Waals surface area contributed by atoms with Gasteiger partial charge in [-0.05, 0) is 38.8 Å². The molecule has 4 rings (SSSR count). The summed E-state index contributed by atoms with van der Waals surface area (Å²) < 4.78 is 21.4. The van der Waals surface area contributed by atoms with Crippen LogP contribution in [0.1, 0.15) is 41.9 Å². The maximum Gasteiger partial charge on any atom is 0.342 e. The maximum atomic E-state index is 14.3. The molecule has 146 valence electrons. The van der Waals surface area contributed by atoms with Gasteiger partial charge in [-0.2, -0.15) is 5.10 Å². The predicted molar refractivity (Wildman–Crippen MR) is 98.7 cm³/mol. The minimum atomic E-state index is -1.32. The highest BCUT2D eigenvalue weighted by Gasteiger charge is 2.41. The molecule has 2 aromatic heterocycles. The molecular weight excluding hydrogens is 389 g/mol. The zero-order chi connectivity index (χ0) is 20.2. The summed E-state index contributed by atoms with van der Waals surface area (Å²) in [5, 5.41) is 27.9. The number of aromatic nitrogens is 3. The highest BCUT2D eigenvalue weighted by Crippen LogP contribution is 2.43. The minimum Gasteiger partial charge on any atom is -0.477 e. The van der Waals surface area contributed by atoms with Crippen molar-refractivity contribution in [3.8, 4) is 22.6 Å². The highest BCUT2D eigenvalue weighted by molar-refractivity contribution is 6.33. The quantitative estimate of drug-likeness (QED) is 0.677. The monoisotopic (exact) mass is 405 g/mol. The standard InChI is InChI=1S/C19H17ClFN3O4/c1-9-11(8-22-24(9)10-6-19(2,27)7-10)17-15(18(25)26)16(23-28-17)14-12(20)4-3-5-13(14)21/h3-5,8,10,27H,6-7H2,1-2H3,(H,25,26). The molecule has 1 aliphatic carbocycles. The van der Waals surface area contributed by atoms with E-state index in [-0.39, 0.29) is 33.6 Å². The molecule has 1 fully saturated rings. The average Bonchev–Trinajstić information content (AvgIpc) is 3.16. The molecule has 9 heteroatoms. The molecule has 0 atom stereocenters. The van der Waals surface area contributed by atoms with Gasteiger partial charge in [0.15, 0.2) is 5.76 Å². The number of hydrogen-bond donors (Lipinski definition) is 2. The first-order valence-corrected chi connectivity index (χ1v) is 9.01. The molecule has 0 aliphatic heterocycles. The number of hydrogen-bond acceptors (Lipinski definition) is 5. The number of nitrogens with zero attached hydrogens (tertiary/aromatic N) is 3. The van der Waals surface area contributed by atoms with E-state index in [0.29, 0.717) is 24.1 Å². The molecule has 1 aliphatic rings. The second kappa shape index (κ2) is 6.42. The molecule has 0 bridgehead atoms. The van der Waals surface area contributed by atoms with Crippen LogP contribution in [0.2, 0.25) is 5.02 Å². The highest BCUT2D eigenvalue weighted by atomic mass is 35.5. The fourth-order valence-electron chi connectivity index (χ4n) is 3.71. The first-order chi connectivity index (χ1) is 13.2. The largest absolute Gasteiger partial charge is 0.477 e. The molecule has 3 aromatic rings. The second-order valence-electron chi connectivity index (χ2n) is 7.28. The number of halogens is 2. The number of carboxylic acid groups (broad SMARTS) is 1. The van der Waals surface area contributed by atoms with Crippen molar-refractivity contribution < 1.29 is 23.9 Å². The third-order valence-electron chi connectivity index (χ3n) is 5.09. The van der Waals surface area contributed by atoms with Crippen LogP contribution in [-0.4, -0.2) is 36.7 Å². The summed E-state index contributed by atoms with van der Waals surface area (Å²) >= 11 is 6.07. The van der Waals surface area contributed by atoms with Gasteiger partial charge in [-0.25, -0.2) is 9.18 Å². The van der Waals surface area contributed by atoms with E-state index in [4.69, 9.17) is 16.1 Å². The molecule has 0 unspecified atom stereocenters. The van der Waals surface area contributed by atoms with Crippen molar-refractivity contribution in [3.63, 3.8) is 0 Å². The summed E-state index contributed by atoms with van der Waals surface area (Å²) in [6, 6.07) is 4.06. The average molecular weight is 406 g/mol. The van der Waals surface area contributed by atoms with E-state index in [2.05, 4.69) is 10.3 Å². The summed E-state index contributed by atoms with van der Waals surface area (Å²) in [5.74, 6) is -2.03. The first-order valence-electron chi connectivity index (χ1n) is 8.64. The number of carboxylic acids is 1. The van der Waals surface area contributed by atoms with E-state index in [9.17, 15) is 19.4 Å². The Labute approximate surface area is 164 Å². The Morgan fingerprint density at radius 1 is 1.43 bits per heavy atom. The van der Waals surface area contributed by atoms with E-state index < -0.39 is 17.4 Å². The summed E-state index contributed by atoms with van der Waals surface area (Å²) in [7, 11) is 0. The lowest BCUT2D eigenvalue weighted by atomic mass is 9.77. The Bertz CT molecular complexity index is 1060. The third kappa shape index (κ3) is 2.89. The first kappa shape index (κ1) is 18.6. The number of aromatic carboxylic acids is 1. The van der Waals surface area contributed by atoms with Crippen LogP contribution in [0.25, 0.3) is 22.6 Å². The van der Waals surface area contributed by atoms with E-state index in [0.717, 1.165) is 0 Å². The second-order valence-corrected chi connectivity index (χ2v) is 7.69. The molecule has 0 saturated heterocycles. The number of aliphatic hydroxyl groups is 1. The van der Waals surface area contributed by atoms with Crippen LogP contribution in [0.5, 0.6) is 0 Å². The molecule has 1 aromatic carbocycles. The molecule has 1 saturated carbocycles. The van der Waals surface area contributed by atoms with Crippen molar-refractivity contribution in [3.05, 3.63) is 46.5 Å². The molecule has 2 heterocycles. The van der Waals surface area contributed by atoms with Gasteiger partial charge in [0.05, 0.1) is 34.0 Å². The Morgan fingerprint density at radius 3 is 2.75 bits per heavy atom. The van der Waals surface area contributed by atoms with Gasteiger partial charge in [0.1, 0.15) is 17.1 Å². The summed E-state index contributed by atoms with van der Waals surface area (Å²) in [6.45, 7) is 3.53. The lowest BCUT2D eigenvalue weighted by molar-refractivity contribution is -0.0548. The van der Waals surface area contributed by atoms with Crippen LogP contribution in [0, 0.1) is 12.7 Å². The topological polar surface area (TPSA) is 101 Å². The van der Waals surface area contributed by atoms with Crippen LogP contribution in [0.15, 0.2) is 28.9 Å². The molecule has 0 radical (unpaired) electrons. The Kier molecular flexibility index (Phi) is 4.28. The van der Waals surface area contributed by atoms with E-state index >= 15 is 0 Å². The van der Waals surface area contributed by atoms with Crippen LogP contribution in [0.3, 0.4) is 0 Å². The molecule has 28 heavy (non-hydrogen) atoms. The third-order valence-corrected chi connectivity index (χ3v) is 5.41. The molecule has 7 nitrogen and oxygen atoms in total. The predicted octanol–water partition coefficient (Wildman–Crippen LogP) is 4.09.